The number of fused-ring (bicyclic) bond motifs is 2. The molecule has 1 aliphatic carbocycles. The smallest absolute Gasteiger partial charge is 0.227 e. The molecule has 128 valence electrons. The van der Waals surface area contributed by atoms with Crippen LogP contribution in [0.2, 0.25) is 0 Å². The van der Waals surface area contributed by atoms with Crippen molar-refractivity contribution in [3.63, 3.8) is 0 Å². The van der Waals surface area contributed by atoms with Crippen LogP contribution in [0.15, 0.2) is 63.5 Å². The van der Waals surface area contributed by atoms with E-state index in [9.17, 15) is 0 Å². The molecule has 0 aliphatic heterocycles. The fraction of sp³-hybridized carbons (Fsp3) is 0.100. The van der Waals surface area contributed by atoms with Gasteiger partial charge in [0.15, 0.2) is 11.2 Å². The van der Waals surface area contributed by atoms with Gasteiger partial charge in [0.2, 0.25) is 11.8 Å². The summed E-state index contributed by atoms with van der Waals surface area (Å²) < 4.78 is 11.8. The fourth-order valence-electron chi connectivity index (χ4n) is 3.15. The molecule has 26 heavy (non-hydrogen) atoms. The third kappa shape index (κ3) is 2.48. The second-order valence-electron chi connectivity index (χ2n) is 6.40. The summed E-state index contributed by atoms with van der Waals surface area (Å²) in [5, 5.41) is 0. The first-order chi connectivity index (χ1) is 12.7. The molecule has 1 aliphatic rings. The average Bonchev–Trinajstić information content (AvgIpc) is 3.22. The zero-order valence-electron chi connectivity index (χ0n) is 13.8. The van der Waals surface area contributed by atoms with Crippen molar-refractivity contribution in [3.05, 3.63) is 60.5 Å². The molecule has 6 heteroatoms. The first kappa shape index (κ1) is 14.9. The van der Waals surface area contributed by atoms with Crippen LogP contribution in [0.4, 0.5) is 5.69 Å². The van der Waals surface area contributed by atoms with Crippen LogP contribution in [-0.2, 0) is 0 Å². The van der Waals surface area contributed by atoms with E-state index in [4.69, 9.17) is 20.3 Å². The number of nitrogen functional groups attached to an aromatic ring is 1. The van der Waals surface area contributed by atoms with Gasteiger partial charge in [-0.25, -0.2) is 9.97 Å². The molecule has 0 fully saturated rings. The Labute approximate surface area is 148 Å². The Morgan fingerprint density at radius 2 is 1.73 bits per heavy atom. The third-order valence-electron chi connectivity index (χ3n) is 4.42. The summed E-state index contributed by atoms with van der Waals surface area (Å²) in [6, 6.07) is 11.1. The minimum atomic E-state index is -0.0104. The molecule has 1 unspecified atom stereocenters. The van der Waals surface area contributed by atoms with Crippen molar-refractivity contribution in [1.29, 1.82) is 0 Å². The van der Waals surface area contributed by atoms with Gasteiger partial charge < -0.3 is 20.3 Å². The van der Waals surface area contributed by atoms with Crippen molar-refractivity contribution in [2.24, 2.45) is 5.73 Å². The molecule has 1 atom stereocenters. The third-order valence-corrected chi connectivity index (χ3v) is 4.42. The Kier molecular flexibility index (Phi) is 3.20. The Morgan fingerprint density at radius 3 is 2.50 bits per heavy atom. The number of anilines is 1. The van der Waals surface area contributed by atoms with Gasteiger partial charge in [-0.05, 0) is 30.7 Å². The number of aromatic nitrogens is 2. The van der Waals surface area contributed by atoms with Gasteiger partial charge in [0.25, 0.3) is 0 Å². The van der Waals surface area contributed by atoms with Crippen molar-refractivity contribution in [2.45, 2.75) is 12.5 Å². The number of nitrogens with zero attached hydrogens (tertiary/aromatic N) is 2. The predicted molar refractivity (Wildman–Crippen MR) is 101 cm³/mol. The van der Waals surface area contributed by atoms with Crippen molar-refractivity contribution >= 4 is 33.5 Å². The highest BCUT2D eigenvalue weighted by Crippen LogP contribution is 2.31. The van der Waals surface area contributed by atoms with E-state index in [2.05, 4.69) is 9.97 Å². The highest BCUT2D eigenvalue weighted by molar-refractivity contribution is 5.91. The average molecular weight is 344 g/mol. The summed E-state index contributed by atoms with van der Waals surface area (Å²) >= 11 is 0. The topological polar surface area (TPSA) is 104 Å². The molecule has 2 aromatic heterocycles. The van der Waals surface area contributed by atoms with Crippen LogP contribution in [-0.4, -0.2) is 16.0 Å². The number of benzene rings is 2. The van der Waals surface area contributed by atoms with Crippen LogP contribution in [0.5, 0.6) is 0 Å². The fourth-order valence-corrected chi connectivity index (χ4v) is 3.15. The van der Waals surface area contributed by atoms with E-state index in [1.54, 1.807) is 0 Å². The molecule has 0 saturated heterocycles. The van der Waals surface area contributed by atoms with Crippen molar-refractivity contribution in [2.75, 3.05) is 5.73 Å². The van der Waals surface area contributed by atoms with Gasteiger partial charge in [0.1, 0.15) is 11.0 Å². The van der Waals surface area contributed by atoms with Gasteiger partial charge in [-0.1, -0.05) is 24.3 Å². The Morgan fingerprint density at radius 1 is 0.962 bits per heavy atom. The molecule has 4 aromatic rings. The molecular weight excluding hydrogens is 328 g/mol. The lowest BCUT2D eigenvalue weighted by Gasteiger charge is -2.10. The lowest BCUT2D eigenvalue weighted by atomic mass is 10.0. The first-order valence-corrected chi connectivity index (χ1v) is 8.36. The number of hydrogen-bond donors (Lipinski definition) is 2. The zero-order chi connectivity index (χ0) is 17.7. The summed E-state index contributed by atoms with van der Waals surface area (Å²) in [5.74, 6) is 1.11. The summed E-state index contributed by atoms with van der Waals surface area (Å²) in [5.41, 5.74) is 17.1. The SMILES string of the molecule is Nc1cccc(-c2nc3cc4nc(C5=CC=CC(N)C5)oc4cc3o2)c1. The van der Waals surface area contributed by atoms with E-state index in [0.717, 1.165) is 22.2 Å². The van der Waals surface area contributed by atoms with E-state index in [-0.39, 0.29) is 6.04 Å². The lowest BCUT2D eigenvalue weighted by molar-refractivity contribution is 0.575. The molecule has 0 radical (unpaired) electrons. The maximum absolute atomic E-state index is 5.97. The van der Waals surface area contributed by atoms with Gasteiger partial charge >= 0.3 is 0 Å². The Bertz CT molecular complexity index is 1150. The second-order valence-corrected chi connectivity index (χ2v) is 6.40. The van der Waals surface area contributed by atoms with E-state index < -0.39 is 0 Å². The number of rotatable bonds is 2. The normalized spacial score (nSPS) is 17.1. The van der Waals surface area contributed by atoms with Crippen LogP contribution < -0.4 is 11.5 Å². The predicted octanol–water partition coefficient (Wildman–Crippen LogP) is 3.89. The lowest BCUT2D eigenvalue weighted by Crippen LogP contribution is -2.18. The standard InChI is InChI=1S/C20H16N4O2/c21-13-5-1-3-11(7-13)19-23-15-9-16-18(10-17(15)25-19)26-20(24-16)12-4-2-6-14(22)8-12/h1-7,9-10,14H,8,21-22H2. The monoisotopic (exact) mass is 344 g/mol. The van der Waals surface area contributed by atoms with Crippen LogP contribution >= 0.6 is 0 Å². The van der Waals surface area contributed by atoms with Gasteiger partial charge in [-0.2, -0.15) is 0 Å². The van der Waals surface area contributed by atoms with Gasteiger partial charge in [-0.15, -0.1) is 0 Å². The van der Waals surface area contributed by atoms with Crippen molar-refractivity contribution < 1.29 is 8.83 Å². The molecule has 0 bridgehead atoms. The van der Waals surface area contributed by atoms with Gasteiger partial charge in [0.05, 0.1) is 0 Å². The summed E-state index contributed by atoms with van der Waals surface area (Å²) in [6.07, 6.45) is 6.58. The molecule has 0 saturated carbocycles. The molecule has 2 heterocycles. The van der Waals surface area contributed by atoms with Gasteiger partial charge in [-0.3, -0.25) is 0 Å². The van der Waals surface area contributed by atoms with Crippen LogP contribution in [0.1, 0.15) is 12.3 Å². The molecule has 2 aromatic carbocycles. The minimum Gasteiger partial charge on any atom is -0.436 e. The highest BCUT2D eigenvalue weighted by atomic mass is 16.4. The maximum atomic E-state index is 5.97. The summed E-state index contributed by atoms with van der Waals surface area (Å²) in [4.78, 5) is 9.15. The van der Waals surface area contributed by atoms with E-state index in [1.807, 2.05) is 54.6 Å². The molecule has 5 rings (SSSR count). The number of hydrogen-bond acceptors (Lipinski definition) is 6. The molecule has 0 amide bonds. The van der Waals surface area contributed by atoms with Crippen LogP contribution in [0, 0.1) is 0 Å². The Hall–Kier alpha value is -3.38. The van der Waals surface area contributed by atoms with Crippen molar-refractivity contribution in [1.82, 2.24) is 9.97 Å². The molecule has 6 nitrogen and oxygen atoms in total. The quantitative estimate of drug-likeness (QED) is 0.535. The second kappa shape index (κ2) is 5.57. The Balaban J connectivity index is 1.59. The van der Waals surface area contributed by atoms with Crippen LogP contribution in [0.25, 0.3) is 39.2 Å². The largest absolute Gasteiger partial charge is 0.436 e. The van der Waals surface area contributed by atoms with E-state index in [0.29, 0.717) is 35.1 Å². The van der Waals surface area contributed by atoms with Gasteiger partial charge in [0, 0.05) is 28.9 Å². The molecule has 0 spiro atoms. The number of oxazole rings is 2. The highest BCUT2D eigenvalue weighted by Gasteiger charge is 2.17. The summed E-state index contributed by atoms with van der Waals surface area (Å²) in [6.45, 7) is 0. The summed E-state index contributed by atoms with van der Waals surface area (Å²) in [7, 11) is 0. The van der Waals surface area contributed by atoms with E-state index in [1.165, 1.54) is 0 Å². The molecule has 4 N–H and O–H groups in total. The number of nitrogens with two attached hydrogens (primary N) is 2. The first-order valence-electron chi connectivity index (χ1n) is 8.36. The minimum absolute atomic E-state index is 0.0104. The number of allylic oxidation sites excluding steroid dienone is 2. The maximum Gasteiger partial charge on any atom is 0.227 e. The zero-order valence-corrected chi connectivity index (χ0v) is 13.8. The molecular formula is C20H16N4O2. The van der Waals surface area contributed by atoms with E-state index >= 15 is 0 Å². The van der Waals surface area contributed by atoms with Crippen molar-refractivity contribution in [3.8, 4) is 11.5 Å². The van der Waals surface area contributed by atoms with Crippen LogP contribution in [0.3, 0.4) is 0 Å².